The van der Waals surface area contributed by atoms with E-state index in [4.69, 9.17) is 9.72 Å². The van der Waals surface area contributed by atoms with E-state index in [1.807, 2.05) is 13.8 Å². The number of hydrogen-bond donors (Lipinski definition) is 0. The lowest BCUT2D eigenvalue weighted by Gasteiger charge is -2.31. The second-order valence-electron chi connectivity index (χ2n) is 7.41. The Labute approximate surface area is 157 Å². The maximum Gasteiger partial charge on any atom is 0.256 e. The third-order valence-electron chi connectivity index (χ3n) is 5.57. The van der Waals surface area contributed by atoms with Crippen LogP contribution in [0.3, 0.4) is 0 Å². The molecule has 1 fully saturated rings. The van der Waals surface area contributed by atoms with Crippen molar-refractivity contribution in [3.63, 3.8) is 0 Å². The van der Waals surface area contributed by atoms with Gasteiger partial charge in [0.1, 0.15) is 5.01 Å². The summed E-state index contributed by atoms with van der Waals surface area (Å²) in [6, 6.07) is 0. The van der Waals surface area contributed by atoms with Gasteiger partial charge in [0, 0.05) is 24.2 Å². The molecule has 0 saturated carbocycles. The third-order valence-corrected chi connectivity index (χ3v) is 6.63. The minimum absolute atomic E-state index is 0.107. The zero-order valence-corrected chi connectivity index (χ0v) is 16.3. The fourth-order valence-electron chi connectivity index (χ4n) is 3.75. The molecule has 6 nitrogen and oxygen atoms in total. The van der Waals surface area contributed by atoms with Crippen LogP contribution in [0.15, 0.2) is 11.1 Å². The van der Waals surface area contributed by atoms with Crippen molar-refractivity contribution in [1.29, 1.82) is 0 Å². The lowest BCUT2D eigenvalue weighted by atomic mass is 9.96. The molecule has 2 aliphatic heterocycles. The summed E-state index contributed by atoms with van der Waals surface area (Å²) < 4.78 is 7.31. The molecule has 0 spiro atoms. The molecular formula is C19H26N4O2S. The quantitative estimate of drug-likeness (QED) is 0.822. The van der Waals surface area contributed by atoms with Gasteiger partial charge in [-0.1, -0.05) is 0 Å². The van der Waals surface area contributed by atoms with Gasteiger partial charge >= 0.3 is 0 Å². The monoisotopic (exact) mass is 374 g/mol. The highest BCUT2D eigenvalue weighted by Crippen LogP contribution is 2.26. The SMILES string of the molecule is Cc1ncn(CC2CCN(Cc3nc4c(s3)COCC4)CC2)c(=O)c1C. The predicted octanol–water partition coefficient (Wildman–Crippen LogP) is 2.30. The molecule has 26 heavy (non-hydrogen) atoms. The van der Waals surface area contributed by atoms with E-state index in [0.717, 1.165) is 69.9 Å². The minimum atomic E-state index is 0.107. The molecule has 7 heteroatoms. The summed E-state index contributed by atoms with van der Waals surface area (Å²) in [4.78, 5) is 25.3. The molecule has 0 aromatic carbocycles. The highest BCUT2D eigenvalue weighted by atomic mass is 32.1. The second-order valence-corrected chi connectivity index (χ2v) is 8.58. The standard InChI is InChI=1S/C19H26N4O2S/c1-13-14(2)20-12-23(19(13)24)9-15-3-6-22(7-4-15)10-18-21-16-5-8-25-11-17(16)26-18/h12,15H,3-11H2,1-2H3. The molecule has 4 heterocycles. The Morgan fingerprint density at radius 2 is 2.12 bits per heavy atom. The van der Waals surface area contributed by atoms with Crippen LogP contribution < -0.4 is 5.56 Å². The molecule has 0 radical (unpaired) electrons. The van der Waals surface area contributed by atoms with E-state index in [-0.39, 0.29) is 5.56 Å². The summed E-state index contributed by atoms with van der Waals surface area (Å²) in [5.74, 6) is 0.547. The number of thiazole rings is 1. The number of fused-ring (bicyclic) bond motifs is 1. The first-order valence-corrected chi connectivity index (χ1v) is 10.2. The lowest BCUT2D eigenvalue weighted by molar-refractivity contribution is 0.112. The van der Waals surface area contributed by atoms with Crippen molar-refractivity contribution < 1.29 is 4.74 Å². The van der Waals surface area contributed by atoms with Crippen LogP contribution in [-0.4, -0.2) is 39.1 Å². The number of ether oxygens (including phenoxy) is 1. The highest BCUT2D eigenvalue weighted by molar-refractivity contribution is 7.11. The van der Waals surface area contributed by atoms with Gasteiger partial charge in [0.2, 0.25) is 0 Å². The first-order valence-electron chi connectivity index (χ1n) is 9.40. The number of aromatic nitrogens is 3. The van der Waals surface area contributed by atoms with Crippen LogP contribution in [0.2, 0.25) is 0 Å². The first-order chi connectivity index (χ1) is 12.6. The predicted molar refractivity (Wildman–Crippen MR) is 101 cm³/mol. The fraction of sp³-hybridized carbons (Fsp3) is 0.632. The van der Waals surface area contributed by atoms with Gasteiger partial charge in [-0.15, -0.1) is 11.3 Å². The Kier molecular flexibility index (Phi) is 5.20. The van der Waals surface area contributed by atoms with Gasteiger partial charge in [-0.05, 0) is 45.7 Å². The maximum absolute atomic E-state index is 12.4. The number of hydrogen-bond acceptors (Lipinski definition) is 6. The molecule has 1 saturated heterocycles. The van der Waals surface area contributed by atoms with Gasteiger partial charge in [0.15, 0.2) is 0 Å². The second kappa shape index (κ2) is 7.58. The van der Waals surface area contributed by atoms with Crippen molar-refractivity contribution in [2.24, 2.45) is 5.92 Å². The minimum Gasteiger partial charge on any atom is -0.375 e. The number of nitrogens with zero attached hydrogens (tertiary/aromatic N) is 4. The molecule has 0 unspecified atom stereocenters. The van der Waals surface area contributed by atoms with Gasteiger partial charge in [0.25, 0.3) is 5.56 Å². The lowest BCUT2D eigenvalue weighted by Crippen LogP contribution is -2.36. The summed E-state index contributed by atoms with van der Waals surface area (Å²) in [6.07, 6.45) is 4.90. The Hall–Kier alpha value is -1.57. The van der Waals surface area contributed by atoms with E-state index < -0.39 is 0 Å². The maximum atomic E-state index is 12.4. The van der Waals surface area contributed by atoms with Gasteiger partial charge in [-0.25, -0.2) is 9.97 Å². The summed E-state index contributed by atoms with van der Waals surface area (Å²) in [6.45, 7) is 9.14. The van der Waals surface area contributed by atoms with Crippen LogP contribution >= 0.6 is 11.3 Å². The van der Waals surface area contributed by atoms with Gasteiger partial charge in [-0.2, -0.15) is 0 Å². The van der Waals surface area contributed by atoms with Crippen LogP contribution in [0.25, 0.3) is 0 Å². The number of piperidine rings is 1. The van der Waals surface area contributed by atoms with E-state index in [2.05, 4.69) is 9.88 Å². The molecule has 2 aromatic heterocycles. The molecule has 140 valence electrons. The average Bonchev–Trinajstić information content (AvgIpc) is 3.06. The third kappa shape index (κ3) is 3.75. The fourth-order valence-corrected chi connectivity index (χ4v) is 4.84. The molecule has 0 bridgehead atoms. The molecule has 2 aromatic rings. The number of rotatable bonds is 4. The highest BCUT2D eigenvalue weighted by Gasteiger charge is 2.22. The molecule has 0 aliphatic carbocycles. The van der Waals surface area contributed by atoms with Crippen LogP contribution in [0.1, 0.15) is 39.7 Å². The Morgan fingerprint density at radius 1 is 1.31 bits per heavy atom. The van der Waals surface area contributed by atoms with E-state index in [1.165, 1.54) is 15.6 Å². The van der Waals surface area contributed by atoms with Crippen LogP contribution in [-0.2, 0) is 30.9 Å². The zero-order valence-electron chi connectivity index (χ0n) is 15.5. The van der Waals surface area contributed by atoms with Crippen LogP contribution in [0.5, 0.6) is 0 Å². The Bertz CT molecular complexity index is 813. The summed E-state index contributed by atoms with van der Waals surface area (Å²) in [5.41, 5.74) is 2.95. The average molecular weight is 375 g/mol. The zero-order chi connectivity index (χ0) is 18.1. The van der Waals surface area contributed by atoms with Gasteiger partial charge in [0.05, 0.1) is 36.7 Å². The van der Waals surface area contributed by atoms with Crippen molar-refractivity contribution in [3.8, 4) is 0 Å². The number of likely N-dealkylation sites (tertiary alicyclic amines) is 1. The largest absolute Gasteiger partial charge is 0.375 e. The first kappa shape index (κ1) is 17.8. The van der Waals surface area contributed by atoms with Gasteiger partial charge < -0.3 is 4.74 Å². The summed E-state index contributed by atoms with van der Waals surface area (Å²) >= 11 is 1.81. The van der Waals surface area contributed by atoms with E-state index in [9.17, 15) is 4.79 Å². The molecule has 0 N–H and O–H groups in total. The topological polar surface area (TPSA) is 60.3 Å². The van der Waals surface area contributed by atoms with E-state index in [1.54, 1.807) is 22.2 Å². The van der Waals surface area contributed by atoms with Crippen LogP contribution in [0, 0.1) is 19.8 Å². The van der Waals surface area contributed by atoms with Gasteiger partial charge in [-0.3, -0.25) is 14.3 Å². The molecule has 0 atom stereocenters. The van der Waals surface area contributed by atoms with Crippen molar-refractivity contribution in [1.82, 2.24) is 19.4 Å². The molecule has 2 aliphatic rings. The normalized spacial score (nSPS) is 18.8. The molecule has 4 rings (SSSR count). The summed E-state index contributed by atoms with van der Waals surface area (Å²) in [7, 11) is 0. The van der Waals surface area contributed by atoms with Crippen molar-refractivity contribution >= 4 is 11.3 Å². The van der Waals surface area contributed by atoms with Crippen molar-refractivity contribution in [2.75, 3.05) is 19.7 Å². The van der Waals surface area contributed by atoms with Crippen molar-refractivity contribution in [2.45, 2.75) is 52.8 Å². The van der Waals surface area contributed by atoms with Crippen LogP contribution in [0.4, 0.5) is 0 Å². The summed E-state index contributed by atoms with van der Waals surface area (Å²) in [5, 5.41) is 1.22. The van der Waals surface area contributed by atoms with Crippen molar-refractivity contribution in [3.05, 3.63) is 43.5 Å². The Morgan fingerprint density at radius 3 is 2.88 bits per heavy atom. The van der Waals surface area contributed by atoms with E-state index >= 15 is 0 Å². The smallest absolute Gasteiger partial charge is 0.256 e. The Balaban J connectivity index is 1.32. The molecular weight excluding hydrogens is 348 g/mol. The van der Waals surface area contributed by atoms with E-state index in [0.29, 0.717) is 5.92 Å². The molecule has 0 amide bonds. The number of aryl methyl sites for hydroxylation is 1.